The molecule has 6 heteroatoms. The van der Waals surface area contributed by atoms with Gasteiger partial charge in [-0.25, -0.2) is 0 Å². The Balaban J connectivity index is 2.12. The van der Waals surface area contributed by atoms with Gasteiger partial charge in [-0.1, -0.05) is 0 Å². The van der Waals surface area contributed by atoms with Gasteiger partial charge in [0.15, 0.2) is 0 Å². The molecule has 1 atom stereocenters. The minimum Gasteiger partial charge on any atom is -0.495 e. The van der Waals surface area contributed by atoms with Crippen LogP contribution in [0.2, 0.25) is 0 Å². The molecule has 1 saturated heterocycles. The topological polar surface area (TPSA) is 42.0 Å². The number of rotatable bonds is 7. The Kier molecular flexibility index (Phi) is 6.23. The van der Waals surface area contributed by atoms with Crippen LogP contribution < -0.4 is 4.74 Å². The third kappa shape index (κ3) is 4.44. The van der Waals surface area contributed by atoms with E-state index >= 15 is 0 Å². The Morgan fingerprint density at radius 2 is 2.23 bits per heavy atom. The fourth-order valence-electron chi connectivity index (χ4n) is 2.57. The zero-order valence-electron chi connectivity index (χ0n) is 13.9. The molecule has 0 bridgehead atoms. The highest BCUT2D eigenvalue weighted by atomic mass is 32.1. The lowest BCUT2D eigenvalue weighted by Crippen LogP contribution is -2.41. The summed E-state index contributed by atoms with van der Waals surface area (Å²) < 4.78 is 11.1. The minimum atomic E-state index is 0.0484. The lowest BCUT2D eigenvalue weighted by atomic mass is 10.2. The molecule has 1 aromatic rings. The number of methoxy groups -OCH3 is 1. The summed E-state index contributed by atoms with van der Waals surface area (Å²) >= 11 is 1.50. The van der Waals surface area contributed by atoms with Crippen molar-refractivity contribution >= 4 is 17.2 Å². The van der Waals surface area contributed by atoms with Gasteiger partial charge in [-0.05, 0) is 39.9 Å². The third-order valence-electron chi connectivity index (χ3n) is 3.79. The van der Waals surface area contributed by atoms with E-state index in [0.29, 0.717) is 23.7 Å². The van der Waals surface area contributed by atoms with Crippen molar-refractivity contribution in [2.45, 2.75) is 25.9 Å². The molecule has 1 amide bonds. The van der Waals surface area contributed by atoms with Gasteiger partial charge >= 0.3 is 0 Å². The van der Waals surface area contributed by atoms with Gasteiger partial charge in [0.1, 0.15) is 10.6 Å². The van der Waals surface area contributed by atoms with Gasteiger partial charge in [0.05, 0.1) is 13.2 Å². The summed E-state index contributed by atoms with van der Waals surface area (Å²) in [5.41, 5.74) is 0. The monoisotopic (exact) mass is 326 g/mol. The third-order valence-corrected chi connectivity index (χ3v) is 4.81. The SMILES string of the molecule is COc1cc(C)sc1C(=O)N(CCN(C)C)CC1CCCO1. The predicted molar refractivity (Wildman–Crippen MR) is 89.0 cm³/mol. The quantitative estimate of drug-likeness (QED) is 0.771. The van der Waals surface area contributed by atoms with Crippen LogP contribution in [0.25, 0.3) is 0 Å². The smallest absolute Gasteiger partial charge is 0.267 e. The molecular formula is C16H26N2O3S. The van der Waals surface area contributed by atoms with E-state index < -0.39 is 0 Å². The van der Waals surface area contributed by atoms with Crippen LogP contribution in [0.3, 0.4) is 0 Å². The number of carbonyl (C=O) groups excluding carboxylic acids is 1. The zero-order valence-corrected chi connectivity index (χ0v) is 14.7. The normalized spacial score (nSPS) is 18.0. The maximum Gasteiger partial charge on any atom is 0.267 e. The maximum absolute atomic E-state index is 12.9. The molecule has 5 nitrogen and oxygen atoms in total. The van der Waals surface area contributed by atoms with E-state index in [1.165, 1.54) is 11.3 Å². The van der Waals surface area contributed by atoms with Gasteiger partial charge < -0.3 is 19.3 Å². The molecule has 1 aliphatic rings. The number of ether oxygens (including phenoxy) is 2. The van der Waals surface area contributed by atoms with Crippen LogP contribution in [-0.2, 0) is 4.74 Å². The second-order valence-corrected chi connectivity index (χ2v) is 7.20. The van der Waals surface area contributed by atoms with Crippen molar-refractivity contribution < 1.29 is 14.3 Å². The van der Waals surface area contributed by atoms with Gasteiger partial charge in [0.2, 0.25) is 0 Å². The molecule has 1 fully saturated rings. The van der Waals surface area contributed by atoms with E-state index in [2.05, 4.69) is 4.90 Å². The first-order valence-corrected chi connectivity index (χ1v) is 8.53. The van der Waals surface area contributed by atoms with E-state index in [4.69, 9.17) is 9.47 Å². The lowest BCUT2D eigenvalue weighted by Gasteiger charge is -2.26. The van der Waals surface area contributed by atoms with Gasteiger partial charge in [-0.3, -0.25) is 4.79 Å². The van der Waals surface area contributed by atoms with Crippen LogP contribution in [0.15, 0.2) is 6.07 Å². The minimum absolute atomic E-state index is 0.0484. The predicted octanol–water partition coefficient (Wildman–Crippen LogP) is 2.25. The Bertz CT molecular complexity index is 496. The van der Waals surface area contributed by atoms with Gasteiger partial charge in [0, 0.05) is 31.1 Å². The average Bonchev–Trinajstić information content (AvgIpc) is 3.11. The summed E-state index contributed by atoms with van der Waals surface area (Å²) in [5, 5.41) is 0. The highest BCUT2D eigenvalue weighted by Gasteiger charge is 2.26. The molecule has 2 rings (SSSR count). The Morgan fingerprint density at radius 3 is 2.82 bits per heavy atom. The van der Waals surface area contributed by atoms with E-state index in [1.807, 2.05) is 32.0 Å². The van der Waals surface area contributed by atoms with Gasteiger partial charge in [0.25, 0.3) is 5.91 Å². The summed E-state index contributed by atoms with van der Waals surface area (Å²) in [5.74, 6) is 0.724. The van der Waals surface area contributed by atoms with Gasteiger partial charge in [-0.2, -0.15) is 0 Å². The molecule has 1 aromatic heterocycles. The summed E-state index contributed by atoms with van der Waals surface area (Å²) in [6, 6.07) is 1.92. The molecule has 0 spiro atoms. The molecule has 1 unspecified atom stereocenters. The van der Waals surface area contributed by atoms with Crippen LogP contribution in [0.1, 0.15) is 27.4 Å². The second-order valence-electron chi connectivity index (χ2n) is 5.94. The Labute approximate surface area is 136 Å². The number of thiophene rings is 1. The van der Waals surface area contributed by atoms with Crippen LogP contribution in [0.4, 0.5) is 0 Å². The Morgan fingerprint density at radius 1 is 1.45 bits per heavy atom. The average molecular weight is 326 g/mol. The molecule has 22 heavy (non-hydrogen) atoms. The van der Waals surface area contributed by atoms with E-state index in [1.54, 1.807) is 7.11 Å². The molecule has 0 saturated carbocycles. The first-order chi connectivity index (χ1) is 10.5. The summed E-state index contributed by atoms with van der Waals surface area (Å²) in [7, 11) is 5.65. The van der Waals surface area contributed by atoms with Crippen molar-refractivity contribution in [2.75, 3.05) is 47.4 Å². The first-order valence-electron chi connectivity index (χ1n) is 7.71. The van der Waals surface area contributed by atoms with Crippen molar-refractivity contribution in [1.29, 1.82) is 0 Å². The molecule has 2 heterocycles. The standard InChI is InChI=1S/C16H26N2O3S/c1-12-10-14(20-4)15(22-12)16(19)18(8-7-17(2)3)11-13-6-5-9-21-13/h10,13H,5-9,11H2,1-4H3. The second kappa shape index (κ2) is 7.94. The van der Waals surface area contributed by atoms with E-state index in [-0.39, 0.29) is 12.0 Å². The maximum atomic E-state index is 12.9. The van der Waals surface area contributed by atoms with E-state index in [0.717, 1.165) is 30.9 Å². The van der Waals surface area contributed by atoms with Crippen molar-refractivity contribution in [1.82, 2.24) is 9.80 Å². The van der Waals surface area contributed by atoms with Crippen LogP contribution in [0, 0.1) is 6.92 Å². The number of likely N-dealkylation sites (N-methyl/N-ethyl adjacent to an activating group) is 1. The number of hydrogen-bond donors (Lipinski definition) is 0. The van der Waals surface area contributed by atoms with Gasteiger partial charge in [-0.15, -0.1) is 11.3 Å². The number of amides is 1. The first kappa shape index (κ1) is 17.2. The van der Waals surface area contributed by atoms with Crippen LogP contribution in [-0.4, -0.2) is 69.3 Å². The summed E-state index contributed by atoms with van der Waals surface area (Å²) in [4.78, 5) is 18.7. The van der Waals surface area contributed by atoms with Crippen molar-refractivity contribution in [3.63, 3.8) is 0 Å². The number of aryl methyl sites for hydroxylation is 1. The van der Waals surface area contributed by atoms with Crippen molar-refractivity contribution in [3.05, 3.63) is 15.8 Å². The Hall–Kier alpha value is -1.11. The van der Waals surface area contributed by atoms with Crippen LogP contribution in [0.5, 0.6) is 5.75 Å². The van der Waals surface area contributed by atoms with E-state index in [9.17, 15) is 4.79 Å². The molecule has 0 aliphatic carbocycles. The zero-order chi connectivity index (χ0) is 16.1. The summed E-state index contributed by atoms with van der Waals surface area (Å²) in [6.45, 7) is 5.00. The molecule has 124 valence electrons. The molecule has 0 aromatic carbocycles. The fraction of sp³-hybridized carbons (Fsp3) is 0.688. The molecule has 0 radical (unpaired) electrons. The number of hydrogen-bond acceptors (Lipinski definition) is 5. The van der Waals surface area contributed by atoms with Crippen molar-refractivity contribution in [3.8, 4) is 5.75 Å². The highest BCUT2D eigenvalue weighted by Crippen LogP contribution is 2.30. The van der Waals surface area contributed by atoms with Crippen molar-refractivity contribution in [2.24, 2.45) is 0 Å². The highest BCUT2D eigenvalue weighted by molar-refractivity contribution is 7.14. The fourth-order valence-corrected chi connectivity index (χ4v) is 3.51. The number of nitrogens with zero attached hydrogens (tertiary/aromatic N) is 2. The molecule has 1 aliphatic heterocycles. The van der Waals surface area contributed by atoms with Crippen LogP contribution >= 0.6 is 11.3 Å². The number of carbonyl (C=O) groups is 1. The lowest BCUT2D eigenvalue weighted by molar-refractivity contribution is 0.0513. The molecule has 0 N–H and O–H groups in total. The molecular weight excluding hydrogens is 300 g/mol. The largest absolute Gasteiger partial charge is 0.495 e. The summed E-state index contributed by atoms with van der Waals surface area (Å²) in [6.07, 6.45) is 2.28.